The smallest absolute Gasteiger partial charge is 0.251 e. The molecule has 0 aliphatic heterocycles. The number of methoxy groups -OCH3 is 1. The minimum absolute atomic E-state index is 0.295. The molecule has 1 amide bonds. The molecule has 0 spiro atoms. The van der Waals surface area contributed by atoms with Crippen molar-refractivity contribution in [1.29, 1.82) is 0 Å². The van der Waals surface area contributed by atoms with Crippen molar-refractivity contribution >= 4 is 17.4 Å². The molecule has 29 heavy (non-hydrogen) atoms. The summed E-state index contributed by atoms with van der Waals surface area (Å²) in [6.07, 6.45) is 1.45. The Balaban J connectivity index is 1.51. The van der Waals surface area contributed by atoms with Gasteiger partial charge >= 0.3 is 0 Å². The molecule has 0 unspecified atom stereocenters. The summed E-state index contributed by atoms with van der Waals surface area (Å²) in [7, 11) is 1.59. The Morgan fingerprint density at radius 1 is 1.00 bits per heavy atom. The third-order valence-corrected chi connectivity index (χ3v) is 3.93. The van der Waals surface area contributed by atoms with E-state index in [4.69, 9.17) is 9.47 Å². The molecule has 6 nitrogen and oxygen atoms in total. The molecule has 2 N–H and O–H groups in total. The zero-order chi connectivity index (χ0) is 20.6. The van der Waals surface area contributed by atoms with Gasteiger partial charge in [-0.2, -0.15) is 0 Å². The fourth-order valence-electron chi connectivity index (χ4n) is 2.47. The SMILES string of the molecule is COc1ccc(OCCNC(=O)c2ccnc(Nc3ccc(F)c(F)c3)c2)cc1. The molecule has 2 aromatic carbocycles. The first-order valence-corrected chi connectivity index (χ1v) is 8.78. The van der Waals surface area contributed by atoms with E-state index < -0.39 is 11.6 Å². The predicted molar refractivity (Wildman–Crippen MR) is 105 cm³/mol. The summed E-state index contributed by atoms with van der Waals surface area (Å²) in [6.45, 7) is 0.599. The number of nitrogens with zero attached hydrogens (tertiary/aromatic N) is 1. The normalized spacial score (nSPS) is 10.3. The van der Waals surface area contributed by atoms with Crippen LogP contribution in [0.25, 0.3) is 0 Å². The fraction of sp³-hybridized carbons (Fsp3) is 0.143. The lowest BCUT2D eigenvalue weighted by molar-refractivity contribution is 0.0947. The van der Waals surface area contributed by atoms with Crippen molar-refractivity contribution in [3.8, 4) is 11.5 Å². The number of ether oxygens (including phenoxy) is 2. The molecule has 0 radical (unpaired) electrons. The summed E-state index contributed by atoms with van der Waals surface area (Å²) in [5.74, 6) is -0.482. The molecular formula is C21H19F2N3O3. The first kappa shape index (κ1) is 20.1. The summed E-state index contributed by atoms with van der Waals surface area (Å²) in [5, 5.41) is 5.58. The van der Waals surface area contributed by atoms with E-state index in [0.717, 1.165) is 17.9 Å². The highest BCUT2D eigenvalue weighted by Crippen LogP contribution is 2.18. The maximum absolute atomic E-state index is 13.3. The highest BCUT2D eigenvalue weighted by atomic mass is 19.2. The number of pyridine rings is 1. The molecule has 150 valence electrons. The summed E-state index contributed by atoms with van der Waals surface area (Å²) in [4.78, 5) is 16.4. The lowest BCUT2D eigenvalue weighted by Crippen LogP contribution is -2.28. The van der Waals surface area contributed by atoms with E-state index in [1.807, 2.05) is 0 Å². The van der Waals surface area contributed by atoms with Crippen LogP contribution in [0.4, 0.5) is 20.3 Å². The number of amides is 1. The first-order valence-electron chi connectivity index (χ1n) is 8.78. The zero-order valence-corrected chi connectivity index (χ0v) is 15.6. The van der Waals surface area contributed by atoms with Crippen molar-refractivity contribution in [3.63, 3.8) is 0 Å². The van der Waals surface area contributed by atoms with Crippen molar-refractivity contribution in [1.82, 2.24) is 10.3 Å². The van der Waals surface area contributed by atoms with E-state index in [-0.39, 0.29) is 5.91 Å². The van der Waals surface area contributed by atoms with Crippen molar-refractivity contribution in [2.45, 2.75) is 0 Å². The number of aromatic nitrogens is 1. The van der Waals surface area contributed by atoms with Gasteiger partial charge in [0.2, 0.25) is 0 Å². The summed E-state index contributed by atoms with van der Waals surface area (Å²) < 4.78 is 36.9. The Morgan fingerprint density at radius 2 is 1.76 bits per heavy atom. The van der Waals surface area contributed by atoms with Crippen LogP contribution in [-0.2, 0) is 0 Å². The number of hydrogen-bond acceptors (Lipinski definition) is 5. The standard InChI is InChI=1S/C21H19F2N3O3/c1-28-16-3-5-17(6-4-16)29-11-10-25-21(27)14-8-9-24-20(12-14)26-15-2-7-18(22)19(23)13-15/h2-9,12-13H,10-11H2,1H3,(H,24,26)(H,25,27). The van der Waals surface area contributed by atoms with Crippen LogP contribution in [0, 0.1) is 11.6 Å². The summed E-state index contributed by atoms with van der Waals surface area (Å²) in [5.41, 5.74) is 0.691. The number of halogens is 2. The topological polar surface area (TPSA) is 72.5 Å². The molecule has 1 heterocycles. The van der Waals surface area contributed by atoms with Crippen LogP contribution >= 0.6 is 0 Å². The highest BCUT2D eigenvalue weighted by molar-refractivity contribution is 5.94. The van der Waals surface area contributed by atoms with Crippen molar-refractivity contribution < 1.29 is 23.0 Å². The Morgan fingerprint density at radius 3 is 2.48 bits per heavy atom. The van der Waals surface area contributed by atoms with E-state index in [0.29, 0.717) is 36.0 Å². The fourth-order valence-corrected chi connectivity index (χ4v) is 2.47. The van der Waals surface area contributed by atoms with Gasteiger partial charge in [0.15, 0.2) is 11.6 Å². The van der Waals surface area contributed by atoms with Gasteiger partial charge in [-0.1, -0.05) is 0 Å². The quantitative estimate of drug-likeness (QED) is 0.562. The van der Waals surface area contributed by atoms with Gasteiger partial charge in [-0.3, -0.25) is 4.79 Å². The van der Waals surface area contributed by atoms with Crippen LogP contribution in [0.2, 0.25) is 0 Å². The predicted octanol–water partition coefficient (Wildman–Crippen LogP) is 3.92. The van der Waals surface area contributed by atoms with Gasteiger partial charge in [0.25, 0.3) is 5.91 Å². The number of carbonyl (C=O) groups excluding carboxylic acids is 1. The zero-order valence-electron chi connectivity index (χ0n) is 15.6. The molecule has 0 bridgehead atoms. The van der Waals surface area contributed by atoms with E-state index in [1.54, 1.807) is 37.4 Å². The molecule has 3 rings (SSSR count). The van der Waals surface area contributed by atoms with Crippen LogP contribution in [-0.4, -0.2) is 31.2 Å². The third kappa shape index (κ3) is 5.65. The molecule has 0 fully saturated rings. The average molecular weight is 399 g/mol. The molecule has 1 aromatic heterocycles. The lowest BCUT2D eigenvalue weighted by atomic mass is 10.2. The summed E-state index contributed by atoms with van der Waals surface area (Å²) >= 11 is 0. The van der Waals surface area contributed by atoms with Crippen molar-refractivity contribution in [2.24, 2.45) is 0 Å². The van der Waals surface area contributed by atoms with E-state index in [2.05, 4.69) is 15.6 Å². The van der Waals surface area contributed by atoms with E-state index >= 15 is 0 Å². The number of nitrogens with one attached hydrogen (secondary N) is 2. The van der Waals surface area contributed by atoms with Gasteiger partial charge < -0.3 is 20.1 Å². The maximum atomic E-state index is 13.3. The van der Waals surface area contributed by atoms with Crippen LogP contribution in [0.15, 0.2) is 60.8 Å². The Bertz CT molecular complexity index is 981. The molecule has 8 heteroatoms. The van der Waals surface area contributed by atoms with Crippen molar-refractivity contribution in [2.75, 3.05) is 25.6 Å². The average Bonchev–Trinajstić information content (AvgIpc) is 2.74. The molecule has 0 saturated carbocycles. The Hall–Kier alpha value is -3.68. The second-order valence-corrected chi connectivity index (χ2v) is 5.96. The number of benzene rings is 2. The number of carbonyl (C=O) groups is 1. The minimum atomic E-state index is -0.972. The van der Waals surface area contributed by atoms with Crippen LogP contribution in [0.3, 0.4) is 0 Å². The molecule has 0 atom stereocenters. The van der Waals surface area contributed by atoms with Gasteiger partial charge in [0.1, 0.15) is 23.9 Å². The van der Waals surface area contributed by atoms with E-state index in [1.165, 1.54) is 18.3 Å². The summed E-state index contributed by atoms with van der Waals surface area (Å²) in [6, 6.07) is 13.6. The van der Waals surface area contributed by atoms with Gasteiger partial charge in [-0.25, -0.2) is 13.8 Å². The largest absolute Gasteiger partial charge is 0.497 e. The lowest BCUT2D eigenvalue weighted by Gasteiger charge is -2.10. The second-order valence-electron chi connectivity index (χ2n) is 5.96. The number of rotatable bonds is 8. The first-order chi connectivity index (χ1) is 14.0. The molecule has 0 saturated heterocycles. The molecular weight excluding hydrogens is 380 g/mol. The van der Waals surface area contributed by atoms with Gasteiger partial charge in [-0.05, 0) is 48.5 Å². The van der Waals surface area contributed by atoms with E-state index in [9.17, 15) is 13.6 Å². The number of hydrogen-bond donors (Lipinski definition) is 2. The number of anilines is 2. The van der Waals surface area contributed by atoms with Crippen LogP contribution in [0.5, 0.6) is 11.5 Å². The molecule has 0 aliphatic carbocycles. The maximum Gasteiger partial charge on any atom is 0.251 e. The second kappa shape index (κ2) is 9.50. The molecule has 3 aromatic rings. The highest BCUT2D eigenvalue weighted by Gasteiger charge is 2.08. The van der Waals surface area contributed by atoms with Crippen molar-refractivity contribution in [3.05, 3.63) is 78.0 Å². The minimum Gasteiger partial charge on any atom is -0.497 e. The van der Waals surface area contributed by atoms with Gasteiger partial charge in [0, 0.05) is 23.5 Å². The monoisotopic (exact) mass is 399 g/mol. The van der Waals surface area contributed by atoms with Gasteiger partial charge in [-0.15, -0.1) is 0 Å². The Kier molecular flexibility index (Phi) is 6.57. The van der Waals surface area contributed by atoms with Crippen LogP contribution in [0.1, 0.15) is 10.4 Å². The van der Waals surface area contributed by atoms with Crippen LogP contribution < -0.4 is 20.1 Å². The molecule has 0 aliphatic rings. The Labute approximate surface area is 166 Å². The third-order valence-electron chi connectivity index (χ3n) is 3.93. The van der Waals surface area contributed by atoms with Gasteiger partial charge in [0.05, 0.1) is 13.7 Å².